The molecule has 2 amide bonds. The fourth-order valence-electron chi connectivity index (χ4n) is 1.43. The van der Waals surface area contributed by atoms with E-state index in [-0.39, 0.29) is 12.5 Å². The maximum absolute atomic E-state index is 11.3. The second-order valence-corrected chi connectivity index (χ2v) is 6.13. The molecule has 0 aliphatic carbocycles. The smallest absolute Gasteiger partial charge is 0.314 e. The Balaban J connectivity index is 3.92. The van der Waals surface area contributed by atoms with E-state index < -0.39 is 28.7 Å². The lowest BCUT2D eigenvalue weighted by molar-refractivity contribution is -0.142. The van der Waals surface area contributed by atoms with Crippen LogP contribution in [0.15, 0.2) is 0 Å². The third kappa shape index (κ3) is 8.98. The van der Waals surface area contributed by atoms with E-state index in [0.717, 1.165) is 0 Å². The molecule has 0 aliphatic heterocycles. The second-order valence-electron chi connectivity index (χ2n) is 4.58. The first-order valence-corrected chi connectivity index (χ1v) is 7.60. The topological polar surface area (TPSA) is 95.5 Å². The number of hydrogen-bond acceptors (Lipinski definition) is 3. The SMILES string of the molecule is CC(C)CC(CNC(=O)NCCS(C)=O)C(=O)O. The van der Waals surface area contributed by atoms with E-state index in [9.17, 15) is 13.8 Å². The van der Waals surface area contributed by atoms with Crippen LogP contribution in [-0.4, -0.2) is 46.4 Å². The van der Waals surface area contributed by atoms with Gasteiger partial charge in [0.25, 0.3) is 0 Å². The fourth-order valence-corrected chi connectivity index (χ4v) is 1.82. The Morgan fingerprint density at radius 1 is 1.28 bits per heavy atom. The van der Waals surface area contributed by atoms with E-state index in [1.54, 1.807) is 6.26 Å². The molecule has 0 spiro atoms. The van der Waals surface area contributed by atoms with Gasteiger partial charge in [-0.2, -0.15) is 0 Å². The lowest BCUT2D eigenvalue weighted by atomic mass is 9.97. The monoisotopic (exact) mass is 278 g/mol. The van der Waals surface area contributed by atoms with Crippen molar-refractivity contribution in [3.05, 3.63) is 0 Å². The van der Waals surface area contributed by atoms with Crippen molar-refractivity contribution in [1.82, 2.24) is 10.6 Å². The van der Waals surface area contributed by atoms with E-state index >= 15 is 0 Å². The predicted molar refractivity (Wildman–Crippen MR) is 70.9 cm³/mol. The van der Waals surface area contributed by atoms with Crippen molar-refractivity contribution >= 4 is 22.8 Å². The number of carboxylic acid groups (broad SMARTS) is 1. The first-order chi connectivity index (χ1) is 8.32. The van der Waals surface area contributed by atoms with Crippen LogP contribution in [-0.2, 0) is 15.6 Å². The molecule has 0 rings (SSSR count). The van der Waals surface area contributed by atoms with Crippen LogP contribution >= 0.6 is 0 Å². The number of carbonyl (C=O) groups excluding carboxylic acids is 1. The molecule has 0 aromatic rings. The molecular weight excluding hydrogens is 256 g/mol. The average molecular weight is 278 g/mol. The van der Waals surface area contributed by atoms with Gasteiger partial charge >= 0.3 is 12.0 Å². The highest BCUT2D eigenvalue weighted by molar-refractivity contribution is 7.84. The van der Waals surface area contributed by atoms with Crippen molar-refractivity contribution in [3.63, 3.8) is 0 Å². The number of carbonyl (C=O) groups is 2. The Morgan fingerprint density at radius 2 is 1.89 bits per heavy atom. The molecule has 0 aromatic carbocycles. The van der Waals surface area contributed by atoms with Gasteiger partial charge in [0.2, 0.25) is 0 Å². The molecule has 0 fully saturated rings. The normalized spacial score (nSPS) is 14.0. The summed E-state index contributed by atoms with van der Waals surface area (Å²) < 4.78 is 10.8. The van der Waals surface area contributed by atoms with E-state index in [1.807, 2.05) is 13.8 Å². The standard InChI is InChI=1S/C11H22N2O4S/c1-8(2)6-9(10(14)15)7-13-11(16)12-4-5-18(3)17/h8-9H,4-7H2,1-3H3,(H,14,15)(H2,12,13,16). The highest BCUT2D eigenvalue weighted by Crippen LogP contribution is 2.10. The molecule has 3 N–H and O–H groups in total. The molecule has 6 nitrogen and oxygen atoms in total. The number of rotatable bonds is 8. The van der Waals surface area contributed by atoms with Crippen molar-refractivity contribution < 1.29 is 18.9 Å². The zero-order valence-corrected chi connectivity index (χ0v) is 11.9. The molecule has 2 atom stereocenters. The summed E-state index contributed by atoms with van der Waals surface area (Å²) in [6.07, 6.45) is 2.08. The minimum atomic E-state index is -0.946. The molecule has 0 aromatic heterocycles. The summed E-state index contributed by atoms with van der Waals surface area (Å²) in [4.78, 5) is 22.3. The minimum Gasteiger partial charge on any atom is -0.481 e. The van der Waals surface area contributed by atoms with Crippen LogP contribution in [0.3, 0.4) is 0 Å². The maximum Gasteiger partial charge on any atom is 0.314 e. The minimum absolute atomic E-state index is 0.106. The number of urea groups is 1. The van der Waals surface area contributed by atoms with Gasteiger partial charge in [-0.25, -0.2) is 4.79 Å². The molecule has 0 aliphatic rings. The van der Waals surface area contributed by atoms with Crippen LogP contribution in [0.2, 0.25) is 0 Å². The third-order valence-electron chi connectivity index (χ3n) is 2.29. The Labute approximate surface area is 110 Å². The number of carboxylic acids is 1. The maximum atomic E-state index is 11.3. The molecule has 7 heteroatoms. The number of hydrogen-bond donors (Lipinski definition) is 3. The average Bonchev–Trinajstić information content (AvgIpc) is 2.22. The largest absolute Gasteiger partial charge is 0.481 e. The number of nitrogens with one attached hydrogen (secondary N) is 2. The second kappa shape index (κ2) is 8.91. The lowest BCUT2D eigenvalue weighted by Gasteiger charge is -2.15. The Kier molecular flexibility index (Phi) is 8.36. The van der Waals surface area contributed by atoms with Gasteiger partial charge in [0.05, 0.1) is 5.92 Å². The molecule has 0 saturated heterocycles. The molecule has 2 unspecified atom stereocenters. The lowest BCUT2D eigenvalue weighted by Crippen LogP contribution is -2.41. The van der Waals surface area contributed by atoms with Gasteiger partial charge in [0.15, 0.2) is 0 Å². The zero-order valence-electron chi connectivity index (χ0n) is 11.1. The van der Waals surface area contributed by atoms with Crippen molar-refractivity contribution in [2.45, 2.75) is 20.3 Å². The van der Waals surface area contributed by atoms with Crippen molar-refractivity contribution in [1.29, 1.82) is 0 Å². The van der Waals surface area contributed by atoms with Crippen molar-refractivity contribution in [3.8, 4) is 0 Å². The van der Waals surface area contributed by atoms with Crippen LogP contribution in [0.4, 0.5) is 4.79 Å². The summed E-state index contributed by atoms with van der Waals surface area (Å²) in [5.74, 6) is -0.824. The molecular formula is C11H22N2O4S. The van der Waals surface area contributed by atoms with Crippen LogP contribution in [0.5, 0.6) is 0 Å². The number of amides is 2. The first-order valence-electron chi connectivity index (χ1n) is 5.87. The van der Waals surface area contributed by atoms with E-state index in [0.29, 0.717) is 18.7 Å². The molecule has 0 heterocycles. The third-order valence-corrected chi connectivity index (χ3v) is 3.07. The molecule has 0 radical (unpaired) electrons. The van der Waals surface area contributed by atoms with Gasteiger partial charge in [0.1, 0.15) is 0 Å². The summed E-state index contributed by atoms with van der Waals surface area (Å²) in [5.41, 5.74) is 0. The van der Waals surface area contributed by atoms with Gasteiger partial charge in [-0.3, -0.25) is 9.00 Å². The summed E-state index contributed by atoms with van der Waals surface area (Å²) in [7, 11) is -0.946. The van der Waals surface area contributed by atoms with E-state index in [2.05, 4.69) is 10.6 Å². The molecule has 106 valence electrons. The predicted octanol–water partition coefficient (Wildman–Crippen LogP) is 0.411. The van der Waals surface area contributed by atoms with Crippen molar-refractivity contribution in [2.75, 3.05) is 25.1 Å². The van der Waals surface area contributed by atoms with E-state index in [1.165, 1.54) is 0 Å². The number of aliphatic carboxylic acids is 1. The molecule has 0 bridgehead atoms. The Morgan fingerprint density at radius 3 is 2.33 bits per heavy atom. The van der Waals surface area contributed by atoms with Crippen molar-refractivity contribution in [2.24, 2.45) is 11.8 Å². The summed E-state index contributed by atoms with van der Waals surface area (Å²) >= 11 is 0. The van der Waals surface area contributed by atoms with Crippen LogP contribution < -0.4 is 10.6 Å². The summed E-state index contributed by atoms with van der Waals surface area (Å²) in [6.45, 7) is 4.30. The molecule has 18 heavy (non-hydrogen) atoms. The quantitative estimate of drug-likeness (QED) is 0.599. The Bertz CT molecular complexity index is 307. The van der Waals surface area contributed by atoms with Crippen LogP contribution in [0.25, 0.3) is 0 Å². The van der Waals surface area contributed by atoms with Gasteiger partial charge < -0.3 is 15.7 Å². The Hall–Kier alpha value is -1.11. The van der Waals surface area contributed by atoms with Gasteiger partial charge in [0, 0.05) is 35.9 Å². The highest BCUT2D eigenvalue weighted by Gasteiger charge is 2.19. The zero-order chi connectivity index (χ0) is 14.1. The summed E-state index contributed by atoms with van der Waals surface area (Å²) in [6, 6.07) is -0.421. The van der Waals surface area contributed by atoms with Crippen LogP contribution in [0.1, 0.15) is 20.3 Å². The van der Waals surface area contributed by atoms with Gasteiger partial charge in [-0.1, -0.05) is 13.8 Å². The summed E-state index contributed by atoms with van der Waals surface area (Å²) in [5, 5.41) is 14.0. The highest BCUT2D eigenvalue weighted by atomic mass is 32.2. The van der Waals surface area contributed by atoms with Gasteiger partial charge in [-0.05, 0) is 12.3 Å². The van der Waals surface area contributed by atoms with Crippen LogP contribution in [0, 0.1) is 11.8 Å². The van der Waals surface area contributed by atoms with Gasteiger partial charge in [-0.15, -0.1) is 0 Å². The fraction of sp³-hybridized carbons (Fsp3) is 0.818. The van der Waals surface area contributed by atoms with E-state index in [4.69, 9.17) is 5.11 Å². The first kappa shape index (κ1) is 16.9. The molecule has 0 saturated carbocycles.